The Kier molecular flexibility index (Phi) is 6.22. The fourth-order valence-corrected chi connectivity index (χ4v) is 2.67. The Hall–Kier alpha value is -0.690. The summed E-state index contributed by atoms with van der Waals surface area (Å²) in [5.74, 6) is 0.580. The van der Waals surface area contributed by atoms with Crippen LogP contribution in [0.4, 0.5) is 5.82 Å². The van der Waals surface area contributed by atoms with Gasteiger partial charge >= 0.3 is 0 Å². The molecule has 0 bridgehead atoms. The molecule has 2 N–H and O–H groups in total. The van der Waals surface area contributed by atoms with Gasteiger partial charge in [-0.25, -0.2) is 10.3 Å². The summed E-state index contributed by atoms with van der Waals surface area (Å²) >= 11 is 3.41. The third kappa shape index (κ3) is 5.01. The van der Waals surface area contributed by atoms with Crippen LogP contribution in [0.2, 0.25) is 0 Å². The monoisotopic (exact) mass is 340 g/mol. The second-order valence-corrected chi connectivity index (χ2v) is 6.22. The van der Waals surface area contributed by atoms with Crippen molar-refractivity contribution in [1.29, 1.82) is 0 Å². The highest BCUT2D eigenvalue weighted by Crippen LogP contribution is 2.15. The third-order valence-electron chi connectivity index (χ3n) is 3.64. The molecule has 2 heterocycles. The van der Waals surface area contributed by atoms with Crippen molar-refractivity contribution in [2.45, 2.75) is 13.0 Å². The van der Waals surface area contributed by atoms with Gasteiger partial charge in [-0.15, -0.1) is 0 Å². The van der Waals surface area contributed by atoms with Crippen molar-refractivity contribution in [3.05, 3.63) is 22.3 Å². The van der Waals surface area contributed by atoms with E-state index in [2.05, 4.69) is 43.1 Å². The van der Waals surface area contributed by atoms with E-state index in [0.717, 1.165) is 29.5 Å². The zero-order chi connectivity index (χ0) is 14.4. The Morgan fingerprint density at radius 2 is 2.10 bits per heavy atom. The molecule has 1 aliphatic rings. The Morgan fingerprint density at radius 1 is 1.35 bits per heavy atom. The number of aromatic nitrogens is 1. The maximum atomic E-state index is 5.83. The lowest BCUT2D eigenvalue weighted by Gasteiger charge is -2.32. The maximum absolute atomic E-state index is 5.83. The minimum absolute atomic E-state index is 0.580. The summed E-state index contributed by atoms with van der Waals surface area (Å²) in [4.78, 5) is 9.01. The number of likely N-dealkylation sites (N-methyl/N-ethyl adjacent to an activating group) is 1. The Morgan fingerprint density at radius 3 is 2.85 bits per heavy atom. The zero-order valence-electron chi connectivity index (χ0n) is 12.1. The molecule has 0 amide bonds. The van der Waals surface area contributed by atoms with E-state index in [4.69, 9.17) is 5.73 Å². The van der Waals surface area contributed by atoms with Gasteiger partial charge in [0.2, 0.25) is 0 Å². The smallest absolute Gasteiger partial charge is 0.127 e. The predicted molar refractivity (Wildman–Crippen MR) is 85.6 cm³/mol. The van der Waals surface area contributed by atoms with E-state index < -0.39 is 0 Å². The number of rotatable bonds is 6. The van der Waals surface area contributed by atoms with Gasteiger partial charge in [0.1, 0.15) is 5.82 Å². The Bertz CT molecular complexity index is 418. The van der Waals surface area contributed by atoms with E-state index in [-0.39, 0.29) is 0 Å². The lowest BCUT2D eigenvalue weighted by atomic mass is 10.2. The van der Waals surface area contributed by atoms with Crippen LogP contribution in [-0.4, -0.2) is 61.1 Å². The number of halogens is 1. The number of nitrogen functional groups attached to an aromatic ring is 1. The molecule has 5 nitrogen and oxygen atoms in total. The molecular weight excluding hydrogens is 318 g/mol. The van der Waals surface area contributed by atoms with Crippen molar-refractivity contribution < 1.29 is 0 Å². The van der Waals surface area contributed by atoms with Gasteiger partial charge in [-0.3, -0.25) is 0 Å². The largest absolute Gasteiger partial charge is 0.383 e. The molecule has 20 heavy (non-hydrogen) atoms. The van der Waals surface area contributed by atoms with E-state index in [1.807, 2.05) is 6.07 Å². The van der Waals surface area contributed by atoms with Crippen LogP contribution in [0.1, 0.15) is 12.0 Å². The topological polar surface area (TPSA) is 59.5 Å². The highest BCUT2D eigenvalue weighted by atomic mass is 79.9. The lowest BCUT2D eigenvalue weighted by Crippen LogP contribution is -2.44. The third-order valence-corrected chi connectivity index (χ3v) is 4.07. The molecule has 0 atom stereocenters. The van der Waals surface area contributed by atoms with Crippen LogP contribution in [0.3, 0.4) is 0 Å². The molecule has 6 heteroatoms. The molecule has 1 aliphatic heterocycles. The molecule has 1 saturated heterocycles. The minimum Gasteiger partial charge on any atom is -0.383 e. The molecule has 0 aromatic carbocycles. The number of pyridine rings is 1. The van der Waals surface area contributed by atoms with Gasteiger partial charge in [-0.1, -0.05) is 0 Å². The highest BCUT2D eigenvalue weighted by Gasteiger charge is 2.12. The second-order valence-electron chi connectivity index (χ2n) is 5.30. The van der Waals surface area contributed by atoms with Crippen LogP contribution in [-0.2, 0) is 6.54 Å². The summed E-state index contributed by atoms with van der Waals surface area (Å²) < 4.78 is 0.953. The molecule has 1 aromatic rings. The first kappa shape index (κ1) is 15.7. The van der Waals surface area contributed by atoms with Gasteiger partial charge in [-0.05, 0) is 42.0 Å². The summed E-state index contributed by atoms with van der Waals surface area (Å²) in [7, 11) is 2.18. The Balaban J connectivity index is 1.61. The SMILES string of the molecule is CN1CCN(CCC[N]Cc2cc(Br)cnc2N)CC1. The average molecular weight is 341 g/mol. The number of hydrogen-bond donors (Lipinski definition) is 1. The van der Waals surface area contributed by atoms with Crippen molar-refractivity contribution in [1.82, 2.24) is 20.1 Å². The first-order valence-electron chi connectivity index (χ1n) is 7.09. The average Bonchev–Trinajstić information content (AvgIpc) is 2.44. The van der Waals surface area contributed by atoms with Crippen molar-refractivity contribution in [2.75, 3.05) is 52.0 Å². The summed E-state index contributed by atoms with van der Waals surface area (Å²) in [5.41, 5.74) is 6.83. The summed E-state index contributed by atoms with van der Waals surface area (Å²) in [5, 5.41) is 4.56. The quantitative estimate of drug-likeness (QED) is 0.789. The lowest BCUT2D eigenvalue weighted by molar-refractivity contribution is 0.152. The first-order valence-corrected chi connectivity index (χ1v) is 7.88. The molecular formula is C14H23BrN5. The number of anilines is 1. The van der Waals surface area contributed by atoms with Gasteiger partial charge in [0.25, 0.3) is 0 Å². The predicted octanol–water partition coefficient (Wildman–Crippen LogP) is 1.17. The Labute approximate surface area is 129 Å². The van der Waals surface area contributed by atoms with Gasteiger partial charge in [-0.2, -0.15) is 0 Å². The van der Waals surface area contributed by atoms with E-state index in [1.165, 1.54) is 26.2 Å². The number of hydrogen-bond acceptors (Lipinski definition) is 4. The molecule has 1 fully saturated rings. The normalized spacial score (nSPS) is 17.5. The fourth-order valence-electron chi connectivity index (χ4n) is 2.30. The van der Waals surface area contributed by atoms with Crippen molar-refractivity contribution in [3.8, 4) is 0 Å². The molecule has 0 aliphatic carbocycles. The maximum Gasteiger partial charge on any atom is 0.127 e. The van der Waals surface area contributed by atoms with Crippen molar-refractivity contribution >= 4 is 21.7 Å². The van der Waals surface area contributed by atoms with Crippen molar-refractivity contribution in [3.63, 3.8) is 0 Å². The minimum atomic E-state index is 0.580. The van der Waals surface area contributed by atoms with Crippen LogP contribution in [0.15, 0.2) is 16.7 Å². The molecule has 1 radical (unpaired) electrons. The van der Waals surface area contributed by atoms with Gasteiger partial charge in [0.05, 0.1) is 0 Å². The van der Waals surface area contributed by atoms with Crippen LogP contribution in [0, 0.1) is 0 Å². The van der Waals surface area contributed by atoms with Gasteiger partial charge < -0.3 is 15.5 Å². The van der Waals surface area contributed by atoms with E-state index in [1.54, 1.807) is 6.20 Å². The summed E-state index contributed by atoms with van der Waals surface area (Å²) in [6.45, 7) is 7.40. The van der Waals surface area contributed by atoms with E-state index in [9.17, 15) is 0 Å². The van der Waals surface area contributed by atoms with Crippen LogP contribution in [0.25, 0.3) is 0 Å². The van der Waals surface area contributed by atoms with E-state index >= 15 is 0 Å². The van der Waals surface area contributed by atoms with Gasteiger partial charge in [0, 0.05) is 55.5 Å². The molecule has 0 saturated carbocycles. The fraction of sp³-hybridized carbons (Fsp3) is 0.643. The van der Waals surface area contributed by atoms with Crippen molar-refractivity contribution in [2.24, 2.45) is 0 Å². The second kappa shape index (κ2) is 7.93. The first-order chi connectivity index (χ1) is 9.65. The van der Waals surface area contributed by atoms with E-state index in [0.29, 0.717) is 12.4 Å². The standard InChI is InChI=1S/C14H23BrN5/c1-19-5-7-20(8-6-19)4-2-3-17-10-12-9-13(15)11-18-14(12)16/h9,11H,2-8,10H2,1H3,(H2,16,18). The highest BCUT2D eigenvalue weighted by molar-refractivity contribution is 9.10. The molecule has 0 unspecified atom stereocenters. The summed E-state index contributed by atoms with van der Waals surface area (Å²) in [6, 6.07) is 1.99. The molecule has 0 spiro atoms. The molecule has 111 valence electrons. The zero-order valence-corrected chi connectivity index (χ0v) is 13.6. The summed E-state index contributed by atoms with van der Waals surface area (Å²) in [6.07, 6.45) is 2.83. The van der Waals surface area contributed by atoms with Crippen LogP contribution < -0.4 is 11.1 Å². The number of piperazine rings is 1. The van der Waals surface area contributed by atoms with Crippen LogP contribution in [0.5, 0.6) is 0 Å². The number of nitrogens with zero attached hydrogens (tertiary/aromatic N) is 4. The molecule has 2 rings (SSSR count). The molecule has 1 aromatic heterocycles. The van der Waals surface area contributed by atoms with Crippen LogP contribution >= 0.6 is 15.9 Å². The van der Waals surface area contributed by atoms with Gasteiger partial charge in [0.15, 0.2) is 0 Å². The number of nitrogens with two attached hydrogens (primary N) is 1.